The molecule has 6 heteroatoms. The Labute approximate surface area is 164 Å². The van der Waals surface area contributed by atoms with Crippen LogP contribution in [0.2, 0.25) is 0 Å². The first-order valence-corrected chi connectivity index (χ1v) is 9.33. The van der Waals surface area contributed by atoms with Crippen LogP contribution in [0.3, 0.4) is 0 Å². The van der Waals surface area contributed by atoms with Gasteiger partial charge < -0.3 is 15.4 Å². The molecule has 1 aliphatic rings. The average molecular weight is 374 g/mol. The van der Waals surface area contributed by atoms with Crippen LogP contribution in [0.1, 0.15) is 34.3 Å². The van der Waals surface area contributed by atoms with Crippen molar-refractivity contribution in [2.24, 2.45) is 0 Å². The van der Waals surface area contributed by atoms with E-state index in [0.29, 0.717) is 35.4 Å². The molecule has 4 rings (SSSR count). The van der Waals surface area contributed by atoms with E-state index in [4.69, 9.17) is 4.74 Å². The molecule has 1 amide bonds. The van der Waals surface area contributed by atoms with Gasteiger partial charge >= 0.3 is 0 Å². The number of nitrogens with one attached hydrogen (secondary N) is 2. The summed E-state index contributed by atoms with van der Waals surface area (Å²) in [5, 5.41) is 6.31. The molecule has 0 spiro atoms. The van der Waals surface area contributed by atoms with Gasteiger partial charge in [-0.05, 0) is 48.6 Å². The zero-order valence-corrected chi connectivity index (χ0v) is 15.7. The molecule has 0 aliphatic heterocycles. The third kappa shape index (κ3) is 4.11. The molecule has 28 heavy (non-hydrogen) atoms. The van der Waals surface area contributed by atoms with Crippen molar-refractivity contribution in [1.29, 1.82) is 0 Å². The Hall–Kier alpha value is -3.41. The van der Waals surface area contributed by atoms with Crippen LogP contribution in [-0.2, 0) is 6.42 Å². The SMILES string of the molecule is COc1nccc(Cc2ccccc2)c1NC(=O)c1cccnc1NC1CC1. The first kappa shape index (κ1) is 18.0. The highest BCUT2D eigenvalue weighted by Gasteiger charge is 2.24. The van der Waals surface area contributed by atoms with Crippen molar-refractivity contribution in [3.63, 3.8) is 0 Å². The van der Waals surface area contributed by atoms with Gasteiger partial charge in [0.1, 0.15) is 11.5 Å². The van der Waals surface area contributed by atoms with Gasteiger partial charge in [0.25, 0.3) is 5.91 Å². The summed E-state index contributed by atoms with van der Waals surface area (Å²) in [4.78, 5) is 21.6. The summed E-state index contributed by atoms with van der Waals surface area (Å²) in [6, 6.07) is 15.9. The van der Waals surface area contributed by atoms with E-state index in [2.05, 4.69) is 32.7 Å². The third-order valence-corrected chi connectivity index (χ3v) is 4.64. The maximum atomic E-state index is 13.0. The van der Waals surface area contributed by atoms with Gasteiger partial charge in [-0.25, -0.2) is 9.97 Å². The highest BCUT2D eigenvalue weighted by molar-refractivity contribution is 6.08. The molecule has 2 N–H and O–H groups in total. The predicted octanol–water partition coefficient (Wildman–Crippen LogP) is 3.90. The van der Waals surface area contributed by atoms with Gasteiger partial charge in [0.05, 0.1) is 12.7 Å². The van der Waals surface area contributed by atoms with Crippen molar-refractivity contribution in [3.05, 3.63) is 77.6 Å². The molecule has 142 valence electrons. The molecule has 2 heterocycles. The second-order valence-electron chi connectivity index (χ2n) is 6.79. The number of hydrogen-bond acceptors (Lipinski definition) is 5. The number of hydrogen-bond donors (Lipinski definition) is 2. The van der Waals surface area contributed by atoms with Crippen LogP contribution in [0, 0.1) is 0 Å². The summed E-state index contributed by atoms with van der Waals surface area (Å²) in [6.45, 7) is 0. The summed E-state index contributed by atoms with van der Waals surface area (Å²) in [7, 11) is 1.55. The second kappa shape index (κ2) is 8.08. The van der Waals surface area contributed by atoms with Crippen molar-refractivity contribution < 1.29 is 9.53 Å². The number of pyridine rings is 2. The second-order valence-corrected chi connectivity index (χ2v) is 6.79. The zero-order valence-electron chi connectivity index (χ0n) is 15.7. The fraction of sp³-hybridized carbons (Fsp3) is 0.227. The van der Waals surface area contributed by atoms with Gasteiger partial charge in [0.2, 0.25) is 5.88 Å². The number of benzene rings is 1. The van der Waals surface area contributed by atoms with Gasteiger partial charge in [0.15, 0.2) is 0 Å². The van der Waals surface area contributed by atoms with Gasteiger partial charge in [-0.3, -0.25) is 4.79 Å². The monoisotopic (exact) mass is 374 g/mol. The van der Waals surface area contributed by atoms with Gasteiger partial charge in [0, 0.05) is 18.4 Å². The van der Waals surface area contributed by atoms with E-state index in [0.717, 1.165) is 24.0 Å². The van der Waals surface area contributed by atoms with Crippen molar-refractivity contribution in [2.45, 2.75) is 25.3 Å². The van der Waals surface area contributed by atoms with Crippen LogP contribution in [0.5, 0.6) is 5.88 Å². The van der Waals surface area contributed by atoms with Gasteiger partial charge in [-0.1, -0.05) is 30.3 Å². The quantitative estimate of drug-likeness (QED) is 0.656. The molecule has 3 aromatic rings. The molecule has 0 radical (unpaired) electrons. The normalized spacial score (nSPS) is 13.0. The topological polar surface area (TPSA) is 76.1 Å². The highest BCUT2D eigenvalue weighted by Crippen LogP contribution is 2.30. The number of nitrogens with zero attached hydrogens (tertiary/aromatic N) is 2. The first-order chi connectivity index (χ1) is 13.7. The Kier molecular flexibility index (Phi) is 5.19. The average Bonchev–Trinajstić information content (AvgIpc) is 3.54. The molecule has 0 unspecified atom stereocenters. The number of ether oxygens (including phenoxy) is 1. The standard InChI is InChI=1S/C22H22N4O2/c1-28-22-19(16(11-13-24-22)14-15-6-3-2-4-7-15)26-21(27)18-8-5-12-23-20(18)25-17-9-10-17/h2-8,11-13,17H,9-10,14H2,1H3,(H,23,25)(H,26,27). The van der Waals surface area contributed by atoms with E-state index in [1.54, 1.807) is 31.6 Å². The lowest BCUT2D eigenvalue weighted by molar-refractivity contribution is 0.102. The van der Waals surface area contributed by atoms with Crippen molar-refractivity contribution in [2.75, 3.05) is 17.7 Å². The summed E-state index contributed by atoms with van der Waals surface area (Å²) >= 11 is 0. The minimum atomic E-state index is -0.239. The van der Waals surface area contributed by atoms with E-state index in [9.17, 15) is 4.79 Å². The smallest absolute Gasteiger partial charge is 0.259 e. The fourth-order valence-electron chi connectivity index (χ4n) is 3.04. The third-order valence-electron chi connectivity index (χ3n) is 4.64. The molecule has 1 aliphatic carbocycles. The van der Waals surface area contributed by atoms with Gasteiger partial charge in [-0.2, -0.15) is 0 Å². The molecule has 0 atom stereocenters. The number of carbonyl (C=O) groups excluding carboxylic acids is 1. The molecule has 0 saturated heterocycles. The van der Waals surface area contributed by atoms with Crippen LogP contribution >= 0.6 is 0 Å². The Morgan fingerprint density at radius 3 is 2.64 bits per heavy atom. The maximum absolute atomic E-state index is 13.0. The largest absolute Gasteiger partial charge is 0.480 e. The van der Waals surface area contributed by atoms with Crippen molar-refractivity contribution >= 4 is 17.4 Å². The number of anilines is 2. The van der Waals surface area contributed by atoms with Crippen molar-refractivity contribution in [1.82, 2.24) is 9.97 Å². The minimum Gasteiger partial charge on any atom is -0.480 e. The molecular formula is C22H22N4O2. The fourth-order valence-corrected chi connectivity index (χ4v) is 3.04. The Morgan fingerprint density at radius 2 is 1.89 bits per heavy atom. The molecule has 1 aromatic carbocycles. The van der Waals surface area contributed by atoms with Crippen LogP contribution in [0.25, 0.3) is 0 Å². The highest BCUT2D eigenvalue weighted by atomic mass is 16.5. The predicted molar refractivity (Wildman–Crippen MR) is 109 cm³/mol. The summed E-state index contributed by atoms with van der Waals surface area (Å²) in [5.41, 5.74) is 3.17. The number of methoxy groups -OCH3 is 1. The van der Waals surface area contributed by atoms with E-state index in [1.807, 2.05) is 24.3 Å². The van der Waals surface area contributed by atoms with Crippen LogP contribution in [0.4, 0.5) is 11.5 Å². The lowest BCUT2D eigenvalue weighted by atomic mass is 10.0. The summed E-state index contributed by atoms with van der Waals surface area (Å²) < 4.78 is 5.41. The number of rotatable bonds is 7. The van der Waals surface area contributed by atoms with Crippen LogP contribution < -0.4 is 15.4 Å². The van der Waals surface area contributed by atoms with Gasteiger partial charge in [-0.15, -0.1) is 0 Å². The van der Waals surface area contributed by atoms with Crippen LogP contribution in [0.15, 0.2) is 60.9 Å². The number of carbonyl (C=O) groups is 1. The van der Waals surface area contributed by atoms with Crippen LogP contribution in [-0.4, -0.2) is 29.0 Å². The lowest BCUT2D eigenvalue weighted by Crippen LogP contribution is -2.18. The molecule has 0 bridgehead atoms. The summed E-state index contributed by atoms with van der Waals surface area (Å²) in [5.74, 6) is 0.759. The molecular weight excluding hydrogens is 352 g/mol. The van der Waals surface area contributed by atoms with E-state index in [-0.39, 0.29) is 5.91 Å². The molecule has 2 aromatic heterocycles. The Balaban J connectivity index is 1.62. The van der Waals surface area contributed by atoms with E-state index < -0.39 is 0 Å². The molecule has 6 nitrogen and oxygen atoms in total. The number of aromatic nitrogens is 2. The minimum absolute atomic E-state index is 0.239. The maximum Gasteiger partial charge on any atom is 0.259 e. The van der Waals surface area contributed by atoms with Crippen molar-refractivity contribution in [3.8, 4) is 5.88 Å². The first-order valence-electron chi connectivity index (χ1n) is 9.33. The molecule has 1 fully saturated rings. The Bertz CT molecular complexity index is 971. The Morgan fingerprint density at radius 1 is 1.07 bits per heavy atom. The lowest BCUT2D eigenvalue weighted by Gasteiger charge is -2.15. The molecule has 1 saturated carbocycles. The van der Waals surface area contributed by atoms with E-state index >= 15 is 0 Å². The zero-order chi connectivity index (χ0) is 19.3. The summed E-state index contributed by atoms with van der Waals surface area (Å²) in [6.07, 6.45) is 6.25. The van der Waals surface area contributed by atoms with E-state index in [1.165, 1.54) is 0 Å². The number of amides is 1.